The molecular weight excluding hydrogens is 336 g/mol. The Labute approximate surface area is 153 Å². The summed E-state index contributed by atoms with van der Waals surface area (Å²) in [6.07, 6.45) is 4.88. The largest absolute Gasteiger partial charge is 0.367 e. The molecule has 0 bridgehead atoms. The Bertz CT molecular complexity index is 868. The minimum atomic E-state index is 0. The third-order valence-corrected chi connectivity index (χ3v) is 5.81. The van der Waals surface area contributed by atoms with Gasteiger partial charge in [0.1, 0.15) is 0 Å². The third-order valence-electron chi connectivity index (χ3n) is 4.66. The van der Waals surface area contributed by atoms with Crippen molar-refractivity contribution < 1.29 is 0 Å². The number of rotatable bonds is 2. The number of hydrogen-bond donors (Lipinski definition) is 1. The predicted molar refractivity (Wildman–Crippen MR) is 109 cm³/mol. The molecule has 0 amide bonds. The summed E-state index contributed by atoms with van der Waals surface area (Å²) in [4.78, 5) is 4.70. The van der Waals surface area contributed by atoms with Gasteiger partial charge in [0, 0.05) is 39.2 Å². The highest BCUT2D eigenvalue weighted by molar-refractivity contribution is 7.25. The molecule has 0 aliphatic carbocycles. The Balaban J connectivity index is 0.00000169. The van der Waals surface area contributed by atoms with E-state index in [2.05, 4.69) is 54.7 Å². The standard InChI is InChI=1S/C20H22N2S.ClH/c1-14(22-20-9-3-2-6-12-21-20)15-10-11-19-17(13-15)16-7-4-5-8-18(16)23-19;/h4-5,7-8,10-11,13-14H,2-3,6,9,12H2,1H3,(H,21,22);1H. The molecule has 24 heavy (non-hydrogen) atoms. The Kier molecular flexibility index (Phi) is 5.42. The van der Waals surface area contributed by atoms with Crippen LogP contribution in [0.3, 0.4) is 0 Å². The molecule has 0 saturated carbocycles. The molecule has 0 fully saturated rings. The van der Waals surface area contributed by atoms with E-state index in [4.69, 9.17) is 4.99 Å². The number of aliphatic imine (C=N–C) groups is 1. The molecule has 1 aliphatic rings. The van der Waals surface area contributed by atoms with Gasteiger partial charge in [0.05, 0.1) is 5.84 Å². The number of hydrogen-bond acceptors (Lipinski definition) is 3. The van der Waals surface area contributed by atoms with Crippen molar-refractivity contribution in [1.82, 2.24) is 5.32 Å². The van der Waals surface area contributed by atoms with Crippen molar-refractivity contribution >= 4 is 49.8 Å². The number of nitrogens with zero attached hydrogens (tertiary/aromatic N) is 1. The van der Waals surface area contributed by atoms with E-state index in [0.29, 0.717) is 6.04 Å². The van der Waals surface area contributed by atoms with Crippen molar-refractivity contribution in [3.8, 4) is 0 Å². The monoisotopic (exact) mass is 358 g/mol. The van der Waals surface area contributed by atoms with Gasteiger partial charge in [-0.25, -0.2) is 0 Å². The molecule has 126 valence electrons. The van der Waals surface area contributed by atoms with Gasteiger partial charge in [-0.15, -0.1) is 23.7 Å². The van der Waals surface area contributed by atoms with Crippen LogP contribution < -0.4 is 5.32 Å². The minimum absolute atomic E-state index is 0. The van der Waals surface area contributed by atoms with Crippen LogP contribution in [0.15, 0.2) is 47.5 Å². The molecule has 2 aromatic carbocycles. The fraction of sp³-hybridized carbons (Fsp3) is 0.350. The molecule has 3 aromatic rings. The normalized spacial score (nSPS) is 16.3. The van der Waals surface area contributed by atoms with Gasteiger partial charge in [0.2, 0.25) is 0 Å². The molecule has 4 rings (SSSR count). The first-order valence-electron chi connectivity index (χ1n) is 8.52. The molecule has 0 saturated heterocycles. The van der Waals surface area contributed by atoms with Crippen LogP contribution in [0.1, 0.15) is 44.2 Å². The van der Waals surface area contributed by atoms with Crippen molar-refractivity contribution in [2.45, 2.75) is 38.6 Å². The summed E-state index contributed by atoms with van der Waals surface area (Å²) in [5.74, 6) is 1.19. The van der Waals surface area contributed by atoms with Crippen molar-refractivity contribution in [3.05, 3.63) is 48.0 Å². The van der Waals surface area contributed by atoms with E-state index < -0.39 is 0 Å². The Hall–Kier alpha value is -1.58. The van der Waals surface area contributed by atoms with Crippen LogP contribution in [0.25, 0.3) is 20.2 Å². The van der Waals surface area contributed by atoms with Crippen LogP contribution >= 0.6 is 23.7 Å². The maximum atomic E-state index is 4.70. The molecule has 1 aromatic heterocycles. The lowest BCUT2D eigenvalue weighted by Crippen LogP contribution is -2.26. The lowest BCUT2D eigenvalue weighted by molar-refractivity contribution is 0.694. The molecule has 1 atom stereocenters. The first-order valence-corrected chi connectivity index (χ1v) is 9.34. The minimum Gasteiger partial charge on any atom is -0.367 e. The van der Waals surface area contributed by atoms with Gasteiger partial charge in [0.25, 0.3) is 0 Å². The van der Waals surface area contributed by atoms with Gasteiger partial charge in [-0.1, -0.05) is 30.7 Å². The van der Waals surface area contributed by atoms with Crippen molar-refractivity contribution in [1.29, 1.82) is 0 Å². The quantitative estimate of drug-likeness (QED) is 0.588. The fourth-order valence-electron chi connectivity index (χ4n) is 3.34. The van der Waals surface area contributed by atoms with E-state index in [1.54, 1.807) is 0 Å². The van der Waals surface area contributed by atoms with E-state index in [1.807, 2.05) is 11.3 Å². The van der Waals surface area contributed by atoms with Gasteiger partial charge < -0.3 is 5.32 Å². The number of benzene rings is 2. The highest BCUT2D eigenvalue weighted by Gasteiger charge is 2.12. The lowest BCUT2D eigenvalue weighted by Gasteiger charge is -2.17. The van der Waals surface area contributed by atoms with Crippen LogP contribution in [0, 0.1) is 0 Å². The second kappa shape index (κ2) is 7.54. The molecular formula is C20H23ClN2S. The highest BCUT2D eigenvalue weighted by Crippen LogP contribution is 2.35. The zero-order valence-electron chi connectivity index (χ0n) is 13.9. The van der Waals surface area contributed by atoms with Crippen molar-refractivity contribution in [3.63, 3.8) is 0 Å². The number of fused-ring (bicyclic) bond motifs is 3. The maximum absolute atomic E-state index is 4.70. The van der Waals surface area contributed by atoms with Crippen LogP contribution in [-0.4, -0.2) is 12.4 Å². The third kappa shape index (κ3) is 3.42. The molecule has 4 heteroatoms. The number of thiophene rings is 1. The van der Waals surface area contributed by atoms with E-state index in [-0.39, 0.29) is 12.4 Å². The summed E-state index contributed by atoms with van der Waals surface area (Å²) in [5, 5.41) is 6.38. The Morgan fingerprint density at radius 3 is 2.75 bits per heavy atom. The van der Waals surface area contributed by atoms with E-state index >= 15 is 0 Å². The molecule has 0 spiro atoms. The molecule has 1 unspecified atom stereocenters. The number of halogens is 1. The topological polar surface area (TPSA) is 24.4 Å². The zero-order valence-corrected chi connectivity index (χ0v) is 15.6. The lowest BCUT2D eigenvalue weighted by atomic mass is 10.0. The molecule has 1 N–H and O–H groups in total. The predicted octanol–water partition coefficient (Wildman–Crippen LogP) is 6.10. The van der Waals surface area contributed by atoms with E-state index in [0.717, 1.165) is 13.0 Å². The van der Waals surface area contributed by atoms with Crippen molar-refractivity contribution in [2.24, 2.45) is 4.99 Å². The maximum Gasteiger partial charge on any atom is 0.0967 e. The van der Waals surface area contributed by atoms with Crippen LogP contribution in [-0.2, 0) is 0 Å². The highest BCUT2D eigenvalue weighted by atomic mass is 35.5. The van der Waals surface area contributed by atoms with Crippen LogP contribution in [0.2, 0.25) is 0 Å². The number of amidine groups is 1. The first-order chi connectivity index (χ1) is 11.3. The average Bonchev–Trinajstić information content (AvgIpc) is 2.74. The molecule has 2 nitrogen and oxygen atoms in total. The summed E-state index contributed by atoms with van der Waals surface area (Å²) < 4.78 is 2.74. The van der Waals surface area contributed by atoms with Crippen LogP contribution in [0.5, 0.6) is 0 Å². The zero-order chi connectivity index (χ0) is 15.6. The second-order valence-electron chi connectivity index (χ2n) is 6.36. The second-order valence-corrected chi connectivity index (χ2v) is 7.44. The summed E-state index contributed by atoms with van der Waals surface area (Å²) in [6, 6.07) is 15.9. The number of nitrogens with one attached hydrogen (secondary N) is 1. The van der Waals surface area contributed by atoms with E-state index in [1.165, 1.54) is 50.8 Å². The molecule has 1 aliphatic heterocycles. The summed E-state index contributed by atoms with van der Waals surface area (Å²) >= 11 is 1.88. The summed E-state index contributed by atoms with van der Waals surface area (Å²) in [7, 11) is 0. The molecule has 2 heterocycles. The van der Waals surface area contributed by atoms with Crippen molar-refractivity contribution in [2.75, 3.05) is 6.54 Å². The van der Waals surface area contributed by atoms with Crippen LogP contribution in [0.4, 0.5) is 0 Å². The van der Waals surface area contributed by atoms with Gasteiger partial charge in [-0.3, -0.25) is 4.99 Å². The molecule has 0 radical (unpaired) electrons. The Morgan fingerprint density at radius 2 is 1.83 bits per heavy atom. The van der Waals surface area contributed by atoms with E-state index in [9.17, 15) is 0 Å². The van der Waals surface area contributed by atoms with Gasteiger partial charge in [-0.05, 0) is 43.5 Å². The van der Waals surface area contributed by atoms with Gasteiger partial charge in [0.15, 0.2) is 0 Å². The van der Waals surface area contributed by atoms with Gasteiger partial charge >= 0.3 is 0 Å². The SMILES string of the molecule is CC(NC1=NCCCCC1)c1ccc2sc3ccccc3c2c1.Cl. The Morgan fingerprint density at radius 1 is 1.00 bits per heavy atom. The van der Waals surface area contributed by atoms with Gasteiger partial charge in [-0.2, -0.15) is 0 Å². The average molecular weight is 359 g/mol. The summed E-state index contributed by atoms with van der Waals surface area (Å²) in [5.41, 5.74) is 1.34. The summed E-state index contributed by atoms with van der Waals surface area (Å²) in [6.45, 7) is 3.21. The first kappa shape index (κ1) is 17.2. The fourth-order valence-corrected chi connectivity index (χ4v) is 4.42. The smallest absolute Gasteiger partial charge is 0.0967 e.